The number of anilines is 2. The lowest BCUT2D eigenvalue weighted by molar-refractivity contribution is 0.262. The number of carbonyl (C=O) groups is 1. The molecule has 0 bridgehead atoms. The highest BCUT2D eigenvalue weighted by atomic mass is 19.1. The normalized spacial score (nSPS) is 10.8. The molecule has 3 N–H and O–H groups in total. The zero-order chi connectivity index (χ0) is 23.5. The SMILES string of the molecule is Cc1c(F)cccc1NC(=O)Nc1ccc(Oc2ncccc2-c2ccnc3[nH]ccc23)cc1. The fourth-order valence-electron chi connectivity index (χ4n) is 3.62. The molecule has 7 nitrogen and oxygen atoms in total. The first-order valence-corrected chi connectivity index (χ1v) is 10.6. The highest BCUT2D eigenvalue weighted by Gasteiger charge is 2.13. The van der Waals surface area contributed by atoms with Crippen LogP contribution < -0.4 is 15.4 Å². The number of urea groups is 1. The van der Waals surface area contributed by atoms with Crippen LogP contribution in [0.25, 0.3) is 22.2 Å². The maximum atomic E-state index is 13.7. The number of amides is 2. The van der Waals surface area contributed by atoms with Crippen LogP contribution in [0.4, 0.5) is 20.6 Å². The van der Waals surface area contributed by atoms with E-state index in [0.717, 1.165) is 22.2 Å². The molecule has 0 unspecified atom stereocenters. The second-order valence-electron chi connectivity index (χ2n) is 7.57. The molecule has 0 aliphatic heterocycles. The van der Waals surface area contributed by atoms with Gasteiger partial charge in [-0.15, -0.1) is 0 Å². The molecular weight excluding hydrogens is 433 g/mol. The van der Waals surface area contributed by atoms with E-state index in [-0.39, 0.29) is 5.82 Å². The van der Waals surface area contributed by atoms with Crippen molar-refractivity contribution < 1.29 is 13.9 Å². The number of hydrogen-bond donors (Lipinski definition) is 3. The van der Waals surface area contributed by atoms with E-state index in [9.17, 15) is 9.18 Å². The highest BCUT2D eigenvalue weighted by Crippen LogP contribution is 2.35. The van der Waals surface area contributed by atoms with E-state index in [1.54, 1.807) is 55.7 Å². The molecule has 0 atom stereocenters. The van der Waals surface area contributed by atoms with E-state index < -0.39 is 6.03 Å². The minimum Gasteiger partial charge on any atom is -0.438 e. The summed E-state index contributed by atoms with van der Waals surface area (Å²) in [6.45, 7) is 1.61. The number of halogens is 1. The van der Waals surface area contributed by atoms with Crippen molar-refractivity contribution in [3.8, 4) is 22.8 Å². The summed E-state index contributed by atoms with van der Waals surface area (Å²) in [5, 5.41) is 6.35. The molecule has 8 heteroatoms. The van der Waals surface area contributed by atoms with E-state index in [2.05, 4.69) is 25.6 Å². The lowest BCUT2D eigenvalue weighted by Gasteiger charge is -2.12. The van der Waals surface area contributed by atoms with Crippen molar-refractivity contribution in [1.82, 2.24) is 15.0 Å². The van der Waals surface area contributed by atoms with Gasteiger partial charge in [-0.3, -0.25) is 0 Å². The van der Waals surface area contributed by atoms with Gasteiger partial charge < -0.3 is 20.4 Å². The van der Waals surface area contributed by atoms with Crippen molar-refractivity contribution in [3.63, 3.8) is 0 Å². The van der Waals surface area contributed by atoms with Crippen LogP contribution in [-0.4, -0.2) is 21.0 Å². The monoisotopic (exact) mass is 453 g/mol. The maximum absolute atomic E-state index is 13.7. The second-order valence-corrected chi connectivity index (χ2v) is 7.57. The van der Waals surface area contributed by atoms with Crippen LogP contribution in [0.2, 0.25) is 0 Å². The summed E-state index contributed by atoms with van der Waals surface area (Å²) in [7, 11) is 0. The van der Waals surface area contributed by atoms with Crippen LogP contribution in [0.1, 0.15) is 5.56 Å². The van der Waals surface area contributed by atoms with Gasteiger partial charge in [0, 0.05) is 46.5 Å². The summed E-state index contributed by atoms with van der Waals surface area (Å²) in [5.74, 6) is 0.639. The third-order valence-electron chi connectivity index (χ3n) is 5.36. The molecular formula is C26H20FN5O2. The molecule has 0 saturated carbocycles. The molecule has 3 heterocycles. The molecule has 0 spiro atoms. The molecule has 0 aliphatic rings. The molecule has 0 fully saturated rings. The Hall–Kier alpha value is -4.72. The Kier molecular flexibility index (Phi) is 5.61. The third kappa shape index (κ3) is 4.29. The molecule has 2 amide bonds. The molecule has 34 heavy (non-hydrogen) atoms. The van der Waals surface area contributed by atoms with Gasteiger partial charge in [-0.2, -0.15) is 0 Å². The first-order chi connectivity index (χ1) is 16.6. The number of ether oxygens (including phenoxy) is 1. The fourth-order valence-corrected chi connectivity index (χ4v) is 3.62. The van der Waals surface area contributed by atoms with Crippen LogP contribution >= 0.6 is 0 Å². The number of fused-ring (bicyclic) bond motifs is 1. The number of carbonyl (C=O) groups excluding carboxylic acids is 1. The maximum Gasteiger partial charge on any atom is 0.323 e. The van der Waals surface area contributed by atoms with Gasteiger partial charge in [0.25, 0.3) is 0 Å². The first-order valence-electron chi connectivity index (χ1n) is 10.6. The second kappa shape index (κ2) is 9.03. The Bertz CT molecular complexity index is 1480. The van der Waals surface area contributed by atoms with E-state index in [0.29, 0.717) is 28.6 Å². The summed E-state index contributed by atoms with van der Waals surface area (Å²) in [6, 6.07) is 18.6. The molecule has 5 rings (SSSR count). The summed E-state index contributed by atoms with van der Waals surface area (Å²) in [6.07, 6.45) is 5.25. The lowest BCUT2D eigenvalue weighted by Crippen LogP contribution is -2.20. The highest BCUT2D eigenvalue weighted by molar-refractivity contribution is 6.00. The number of benzene rings is 2. The van der Waals surface area contributed by atoms with Crippen LogP contribution in [0, 0.1) is 12.7 Å². The summed E-state index contributed by atoms with van der Waals surface area (Å²) in [5.41, 5.74) is 3.92. The van der Waals surface area contributed by atoms with Gasteiger partial charge in [-0.05, 0) is 73.2 Å². The van der Waals surface area contributed by atoms with Gasteiger partial charge in [-0.1, -0.05) is 6.07 Å². The minimum atomic E-state index is -0.470. The lowest BCUT2D eigenvalue weighted by atomic mass is 10.1. The number of aromatic amines is 1. The standard InChI is InChI=1S/C26H20FN5O2/c1-16-22(27)5-2-6-23(16)32-26(33)31-17-7-9-18(10-8-17)34-25-21(4-3-13-30-25)19-11-14-28-24-20(19)12-15-29-24/h2-15H,1H3,(H,28,29)(H2,31,32,33). The first kappa shape index (κ1) is 21.1. The molecule has 2 aromatic carbocycles. The smallest absolute Gasteiger partial charge is 0.323 e. The van der Waals surface area contributed by atoms with Gasteiger partial charge in [0.05, 0.1) is 0 Å². The Morgan fingerprint density at radius 1 is 0.912 bits per heavy atom. The predicted octanol–water partition coefficient (Wildman–Crippen LogP) is 6.51. The number of nitrogens with zero attached hydrogens (tertiary/aromatic N) is 2. The summed E-state index contributed by atoms with van der Waals surface area (Å²) < 4.78 is 19.7. The van der Waals surface area contributed by atoms with Crippen LogP contribution in [0.5, 0.6) is 11.6 Å². The number of H-pyrrole nitrogens is 1. The Balaban J connectivity index is 1.31. The Labute approximate surface area is 194 Å². The van der Waals surface area contributed by atoms with Gasteiger partial charge >= 0.3 is 6.03 Å². The zero-order valence-corrected chi connectivity index (χ0v) is 18.2. The molecule has 168 valence electrons. The fraction of sp³-hybridized carbons (Fsp3) is 0.0385. The van der Waals surface area contributed by atoms with E-state index in [1.165, 1.54) is 6.07 Å². The average molecular weight is 453 g/mol. The molecule has 3 aromatic heterocycles. The minimum absolute atomic E-state index is 0.374. The van der Waals surface area contributed by atoms with Gasteiger partial charge in [-0.25, -0.2) is 19.2 Å². The summed E-state index contributed by atoms with van der Waals surface area (Å²) >= 11 is 0. The van der Waals surface area contributed by atoms with Crippen molar-refractivity contribution in [1.29, 1.82) is 0 Å². The van der Waals surface area contributed by atoms with Crippen molar-refractivity contribution in [3.05, 3.63) is 96.7 Å². The molecule has 0 aliphatic carbocycles. The van der Waals surface area contributed by atoms with Gasteiger partial charge in [0.2, 0.25) is 5.88 Å². The van der Waals surface area contributed by atoms with Crippen molar-refractivity contribution in [2.24, 2.45) is 0 Å². The molecule has 0 radical (unpaired) electrons. The van der Waals surface area contributed by atoms with Crippen LogP contribution in [-0.2, 0) is 0 Å². The molecule has 5 aromatic rings. The topological polar surface area (TPSA) is 91.9 Å². The number of aromatic nitrogens is 3. The van der Waals surface area contributed by atoms with Crippen molar-refractivity contribution in [2.75, 3.05) is 10.6 Å². The quantitative estimate of drug-likeness (QED) is 0.283. The van der Waals surface area contributed by atoms with Gasteiger partial charge in [0.1, 0.15) is 17.2 Å². The number of pyridine rings is 2. The summed E-state index contributed by atoms with van der Waals surface area (Å²) in [4.78, 5) is 24.2. The zero-order valence-electron chi connectivity index (χ0n) is 18.2. The van der Waals surface area contributed by atoms with Gasteiger partial charge in [0.15, 0.2) is 0 Å². The van der Waals surface area contributed by atoms with Crippen LogP contribution in [0.15, 0.2) is 85.3 Å². The number of hydrogen-bond acceptors (Lipinski definition) is 4. The van der Waals surface area contributed by atoms with E-state index in [4.69, 9.17) is 4.74 Å². The van der Waals surface area contributed by atoms with E-state index in [1.807, 2.05) is 30.5 Å². The van der Waals surface area contributed by atoms with Crippen molar-refractivity contribution >= 4 is 28.4 Å². The third-order valence-corrected chi connectivity index (χ3v) is 5.36. The number of rotatable bonds is 5. The van der Waals surface area contributed by atoms with E-state index >= 15 is 0 Å². The Morgan fingerprint density at radius 2 is 1.76 bits per heavy atom. The largest absolute Gasteiger partial charge is 0.438 e. The predicted molar refractivity (Wildman–Crippen MR) is 130 cm³/mol. The average Bonchev–Trinajstić information content (AvgIpc) is 3.33. The van der Waals surface area contributed by atoms with Crippen molar-refractivity contribution in [2.45, 2.75) is 6.92 Å². The Morgan fingerprint density at radius 3 is 2.62 bits per heavy atom. The van der Waals surface area contributed by atoms with Crippen LogP contribution in [0.3, 0.4) is 0 Å². The molecule has 0 saturated heterocycles. The number of nitrogens with one attached hydrogen (secondary N) is 3.